The second-order valence-corrected chi connectivity index (χ2v) is 6.57. The molecule has 3 rings (SSSR count). The van der Waals surface area contributed by atoms with Crippen molar-refractivity contribution in [1.29, 1.82) is 0 Å². The topological polar surface area (TPSA) is 67.3 Å². The molecule has 0 unspecified atom stereocenters. The van der Waals surface area contributed by atoms with Crippen LogP contribution in [0.4, 0.5) is 5.95 Å². The van der Waals surface area contributed by atoms with E-state index >= 15 is 0 Å². The van der Waals surface area contributed by atoms with Crippen LogP contribution in [-0.4, -0.2) is 35.6 Å². The first-order chi connectivity index (χ1) is 12.7. The quantitative estimate of drug-likeness (QED) is 0.864. The summed E-state index contributed by atoms with van der Waals surface area (Å²) in [5, 5.41) is 3.15. The first-order valence-electron chi connectivity index (χ1n) is 9.22. The summed E-state index contributed by atoms with van der Waals surface area (Å²) in [6, 6.07) is 9.62. The number of anilines is 1. The van der Waals surface area contributed by atoms with Gasteiger partial charge in [0.15, 0.2) is 0 Å². The number of nitrogens with zero attached hydrogens (tertiary/aromatic N) is 3. The molecule has 1 aliphatic rings. The van der Waals surface area contributed by atoms with E-state index in [0.29, 0.717) is 19.1 Å². The van der Waals surface area contributed by atoms with E-state index in [1.165, 1.54) is 0 Å². The molecular formula is C20H26N4O2. The fourth-order valence-electron chi connectivity index (χ4n) is 3.28. The summed E-state index contributed by atoms with van der Waals surface area (Å²) in [6.07, 6.45) is 5.32. The van der Waals surface area contributed by atoms with E-state index in [0.717, 1.165) is 30.7 Å². The minimum Gasteiger partial charge on any atom is -0.494 e. The van der Waals surface area contributed by atoms with Crippen molar-refractivity contribution < 1.29 is 9.53 Å². The number of benzene rings is 1. The Bertz CT molecular complexity index is 723. The number of carbonyl (C=O) groups is 1. The van der Waals surface area contributed by atoms with Crippen LogP contribution in [0.25, 0.3) is 0 Å². The number of nitrogens with one attached hydrogen (secondary N) is 1. The SMILES string of the molecule is CCOc1cccc([C@H](C)NC(=O)[C@H]2CCCN(c3ncccn3)C2)c1. The van der Waals surface area contributed by atoms with Gasteiger partial charge in [-0.05, 0) is 50.5 Å². The van der Waals surface area contributed by atoms with E-state index in [2.05, 4.69) is 20.2 Å². The average Bonchev–Trinajstić information content (AvgIpc) is 2.69. The van der Waals surface area contributed by atoms with Crippen LogP contribution < -0.4 is 15.0 Å². The van der Waals surface area contributed by atoms with Crippen LogP contribution in [0, 0.1) is 5.92 Å². The lowest BCUT2D eigenvalue weighted by atomic mass is 9.96. The molecule has 26 heavy (non-hydrogen) atoms. The molecule has 0 aliphatic carbocycles. The molecule has 1 aromatic carbocycles. The molecular weight excluding hydrogens is 328 g/mol. The van der Waals surface area contributed by atoms with Gasteiger partial charge in [-0.2, -0.15) is 0 Å². The average molecular weight is 354 g/mol. The monoisotopic (exact) mass is 354 g/mol. The zero-order chi connectivity index (χ0) is 18.4. The van der Waals surface area contributed by atoms with Gasteiger partial charge < -0.3 is 15.0 Å². The molecule has 0 bridgehead atoms. The zero-order valence-electron chi connectivity index (χ0n) is 15.4. The standard InChI is InChI=1S/C20H26N4O2/c1-3-26-18-9-4-7-16(13-18)15(2)23-19(25)17-8-5-12-24(14-17)20-21-10-6-11-22-20/h4,6-7,9-11,13,15,17H,3,5,8,12,14H2,1-2H3,(H,23,25)/t15-,17-/m0/s1. The maximum Gasteiger partial charge on any atom is 0.225 e. The molecule has 2 atom stereocenters. The highest BCUT2D eigenvalue weighted by Crippen LogP contribution is 2.23. The normalized spacial score (nSPS) is 18.2. The first-order valence-corrected chi connectivity index (χ1v) is 9.22. The second kappa shape index (κ2) is 8.65. The van der Waals surface area contributed by atoms with E-state index in [4.69, 9.17) is 4.74 Å². The van der Waals surface area contributed by atoms with Gasteiger partial charge in [0.25, 0.3) is 0 Å². The van der Waals surface area contributed by atoms with E-state index < -0.39 is 0 Å². The zero-order valence-corrected chi connectivity index (χ0v) is 15.4. The Morgan fingerprint density at radius 2 is 2.15 bits per heavy atom. The van der Waals surface area contributed by atoms with Crippen LogP contribution in [0.1, 0.15) is 38.3 Å². The Balaban J connectivity index is 1.61. The lowest BCUT2D eigenvalue weighted by molar-refractivity contribution is -0.125. The van der Waals surface area contributed by atoms with Crippen molar-refractivity contribution in [1.82, 2.24) is 15.3 Å². The smallest absolute Gasteiger partial charge is 0.225 e. The van der Waals surface area contributed by atoms with Crippen LogP contribution in [0.15, 0.2) is 42.7 Å². The summed E-state index contributed by atoms with van der Waals surface area (Å²) < 4.78 is 5.55. The van der Waals surface area contributed by atoms with Crippen molar-refractivity contribution in [2.75, 3.05) is 24.6 Å². The highest BCUT2D eigenvalue weighted by atomic mass is 16.5. The summed E-state index contributed by atoms with van der Waals surface area (Å²) in [5.41, 5.74) is 1.04. The third-order valence-corrected chi connectivity index (χ3v) is 4.66. The summed E-state index contributed by atoms with van der Waals surface area (Å²) in [6.45, 7) is 6.14. The summed E-state index contributed by atoms with van der Waals surface area (Å²) in [5.74, 6) is 1.56. The molecule has 0 spiro atoms. The Morgan fingerprint density at radius 3 is 2.92 bits per heavy atom. The lowest BCUT2D eigenvalue weighted by Crippen LogP contribution is -2.44. The molecule has 138 valence electrons. The van der Waals surface area contributed by atoms with Gasteiger partial charge in [-0.15, -0.1) is 0 Å². The molecule has 1 aromatic heterocycles. The van der Waals surface area contributed by atoms with Crippen molar-refractivity contribution in [2.24, 2.45) is 5.92 Å². The highest BCUT2D eigenvalue weighted by molar-refractivity contribution is 5.80. The predicted molar refractivity (Wildman–Crippen MR) is 101 cm³/mol. The fraction of sp³-hybridized carbons (Fsp3) is 0.450. The molecule has 2 aromatic rings. The van der Waals surface area contributed by atoms with E-state index in [1.807, 2.05) is 38.1 Å². The van der Waals surface area contributed by atoms with E-state index in [1.54, 1.807) is 18.5 Å². The summed E-state index contributed by atoms with van der Waals surface area (Å²) in [4.78, 5) is 23.5. The third kappa shape index (κ3) is 4.50. The Kier molecular flexibility index (Phi) is 6.04. The number of hydrogen-bond acceptors (Lipinski definition) is 5. The fourth-order valence-corrected chi connectivity index (χ4v) is 3.28. The number of piperidine rings is 1. The van der Waals surface area contributed by atoms with Crippen LogP contribution in [0.2, 0.25) is 0 Å². The van der Waals surface area contributed by atoms with Gasteiger partial charge in [0, 0.05) is 25.5 Å². The Morgan fingerprint density at radius 1 is 1.35 bits per heavy atom. The molecule has 1 saturated heterocycles. The maximum absolute atomic E-state index is 12.8. The molecule has 0 radical (unpaired) electrons. The van der Waals surface area contributed by atoms with Gasteiger partial charge in [-0.3, -0.25) is 4.79 Å². The number of rotatable bonds is 6. The van der Waals surface area contributed by atoms with Gasteiger partial charge in [0.2, 0.25) is 11.9 Å². The van der Waals surface area contributed by atoms with Crippen molar-refractivity contribution >= 4 is 11.9 Å². The van der Waals surface area contributed by atoms with Crippen LogP contribution >= 0.6 is 0 Å². The highest BCUT2D eigenvalue weighted by Gasteiger charge is 2.27. The van der Waals surface area contributed by atoms with E-state index in [-0.39, 0.29) is 17.9 Å². The van der Waals surface area contributed by atoms with Crippen LogP contribution in [0.5, 0.6) is 5.75 Å². The molecule has 1 fully saturated rings. The Labute approximate surface area is 154 Å². The summed E-state index contributed by atoms with van der Waals surface area (Å²) >= 11 is 0. The number of amides is 1. The van der Waals surface area contributed by atoms with Crippen molar-refractivity contribution in [3.8, 4) is 5.75 Å². The van der Waals surface area contributed by atoms with Crippen LogP contribution in [-0.2, 0) is 4.79 Å². The van der Waals surface area contributed by atoms with Gasteiger partial charge in [0.1, 0.15) is 5.75 Å². The minimum atomic E-state index is -0.0637. The van der Waals surface area contributed by atoms with Gasteiger partial charge in [0.05, 0.1) is 18.6 Å². The van der Waals surface area contributed by atoms with Crippen molar-refractivity contribution in [3.63, 3.8) is 0 Å². The molecule has 1 amide bonds. The van der Waals surface area contributed by atoms with Crippen molar-refractivity contribution in [3.05, 3.63) is 48.3 Å². The van der Waals surface area contributed by atoms with Crippen LogP contribution in [0.3, 0.4) is 0 Å². The lowest BCUT2D eigenvalue weighted by Gasteiger charge is -2.32. The Hall–Kier alpha value is -2.63. The predicted octanol–water partition coefficient (Wildman–Crippen LogP) is 2.97. The molecule has 6 heteroatoms. The first kappa shape index (κ1) is 18.2. The van der Waals surface area contributed by atoms with Gasteiger partial charge >= 0.3 is 0 Å². The molecule has 0 saturated carbocycles. The molecule has 6 nitrogen and oxygen atoms in total. The van der Waals surface area contributed by atoms with E-state index in [9.17, 15) is 4.79 Å². The van der Waals surface area contributed by atoms with Gasteiger partial charge in [-0.25, -0.2) is 9.97 Å². The second-order valence-electron chi connectivity index (χ2n) is 6.57. The van der Waals surface area contributed by atoms with Crippen molar-refractivity contribution in [2.45, 2.75) is 32.7 Å². The van der Waals surface area contributed by atoms with Gasteiger partial charge in [-0.1, -0.05) is 12.1 Å². The third-order valence-electron chi connectivity index (χ3n) is 4.66. The summed E-state index contributed by atoms with van der Waals surface area (Å²) in [7, 11) is 0. The number of ether oxygens (including phenoxy) is 1. The largest absolute Gasteiger partial charge is 0.494 e. The molecule has 2 heterocycles. The number of carbonyl (C=O) groups excluding carboxylic acids is 1. The molecule has 1 aliphatic heterocycles. The number of aromatic nitrogens is 2. The molecule has 1 N–H and O–H groups in total. The number of hydrogen-bond donors (Lipinski definition) is 1. The maximum atomic E-state index is 12.8. The minimum absolute atomic E-state index is 0.0509.